The predicted molar refractivity (Wildman–Crippen MR) is 56.1 cm³/mol. The quantitative estimate of drug-likeness (QED) is 0.860. The molecular weight excluding hydrogens is 230 g/mol. The zero-order valence-electron chi connectivity index (χ0n) is 7.51. The van der Waals surface area contributed by atoms with Crippen molar-refractivity contribution in [3.8, 4) is 5.75 Å². The van der Waals surface area contributed by atoms with Crippen LogP contribution < -0.4 is 10.1 Å². The number of fused-ring (bicyclic) bond motifs is 1. The minimum Gasteiger partial charge on any atom is -0.491 e. The maximum atomic E-state index is 5.54. The van der Waals surface area contributed by atoms with E-state index in [9.17, 15) is 0 Å². The zero-order chi connectivity index (χ0) is 9.26. The van der Waals surface area contributed by atoms with Crippen molar-refractivity contribution in [2.75, 3.05) is 13.2 Å². The fourth-order valence-corrected chi connectivity index (χ4v) is 1.98. The van der Waals surface area contributed by atoms with Crippen molar-refractivity contribution in [1.82, 2.24) is 5.32 Å². The average Bonchev–Trinajstić information content (AvgIpc) is 2.49. The number of likely N-dealkylation sites (N-methyl/N-ethyl adjacent to an activating group) is 1. The number of benzene rings is 1. The lowest BCUT2D eigenvalue weighted by Crippen LogP contribution is -2.21. The highest BCUT2D eigenvalue weighted by molar-refractivity contribution is 9.10. The molecular formula is C10H12BrNO. The Balaban J connectivity index is 2.29. The van der Waals surface area contributed by atoms with E-state index in [1.165, 1.54) is 5.56 Å². The van der Waals surface area contributed by atoms with E-state index in [1.807, 2.05) is 12.1 Å². The van der Waals surface area contributed by atoms with Gasteiger partial charge in [0.15, 0.2) is 0 Å². The molecule has 1 N–H and O–H groups in total. The van der Waals surface area contributed by atoms with E-state index in [0.717, 1.165) is 23.4 Å². The first-order valence-corrected chi connectivity index (χ1v) is 5.26. The monoisotopic (exact) mass is 241 g/mol. The molecule has 1 unspecified atom stereocenters. The summed E-state index contributed by atoms with van der Waals surface area (Å²) in [6.45, 7) is 3.83. The molecule has 1 aromatic carbocycles. The molecule has 2 nitrogen and oxygen atoms in total. The lowest BCUT2D eigenvalue weighted by Gasteiger charge is -2.08. The maximum absolute atomic E-state index is 5.54. The summed E-state index contributed by atoms with van der Waals surface area (Å²) >= 11 is 3.46. The van der Waals surface area contributed by atoms with Crippen molar-refractivity contribution in [3.05, 3.63) is 28.2 Å². The van der Waals surface area contributed by atoms with Crippen LogP contribution in [0.25, 0.3) is 0 Å². The first-order chi connectivity index (χ1) is 6.31. The van der Waals surface area contributed by atoms with Gasteiger partial charge in [-0.25, -0.2) is 0 Å². The Morgan fingerprint density at radius 3 is 3.23 bits per heavy atom. The van der Waals surface area contributed by atoms with Gasteiger partial charge in [-0.3, -0.25) is 0 Å². The second-order valence-electron chi connectivity index (χ2n) is 3.10. The van der Waals surface area contributed by atoms with Crippen LogP contribution in [0.1, 0.15) is 18.5 Å². The fourth-order valence-electron chi connectivity index (χ4n) is 1.60. The van der Waals surface area contributed by atoms with E-state index in [0.29, 0.717) is 6.04 Å². The van der Waals surface area contributed by atoms with Gasteiger partial charge in [0.2, 0.25) is 0 Å². The third kappa shape index (κ3) is 1.71. The topological polar surface area (TPSA) is 21.3 Å². The van der Waals surface area contributed by atoms with Crippen LogP contribution >= 0.6 is 15.9 Å². The van der Waals surface area contributed by atoms with Crippen LogP contribution in [0, 0.1) is 0 Å². The molecule has 1 aromatic rings. The van der Waals surface area contributed by atoms with E-state index in [4.69, 9.17) is 4.74 Å². The van der Waals surface area contributed by atoms with Gasteiger partial charge in [-0.05, 0) is 24.7 Å². The van der Waals surface area contributed by atoms with Crippen LogP contribution in [-0.2, 0) is 0 Å². The maximum Gasteiger partial charge on any atom is 0.124 e. The minimum atomic E-state index is 0.359. The molecule has 0 amide bonds. The molecule has 0 saturated heterocycles. The van der Waals surface area contributed by atoms with Gasteiger partial charge in [-0.15, -0.1) is 0 Å². The lowest BCUT2D eigenvalue weighted by molar-refractivity contribution is 0.313. The average molecular weight is 242 g/mol. The second kappa shape index (κ2) is 3.68. The van der Waals surface area contributed by atoms with E-state index in [1.54, 1.807) is 0 Å². The highest BCUT2D eigenvalue weighted by atomic mass is 79.9. The molecule has 3 heteroatoms. The first kappa shape index (κ1) is 9.03. The predicted octanol–water partition coefficient (Wildman–Crippen LogP) is 2.49. The molecule has 0 fully saturated rings. The van der Waals surface area contributed by atoms with Crippen LogP contribution in [0.3, 0.4) is 0 Å². The van der Waals surface area contributed by atoms with Gasteiger partial charge in [0.25, 0.3) is 0 Å². The number of hydrogen-bond donors (Lipinski definition) is 1. The highest BCUT2D eigenvalue weighted by Crippen LogP contribution is 2.34. The largest absolute Gasteiger partial charge is 0.491 e. The number of hydrogen-bond acceptors (Lipinski definition) is 2. The van der Waals surface area contributed by atoms with Crippen molar-refractivity contribution in [2.24, 2.45) is 0 Å². The van der Waals surface area contributed by atoms with Crippen LogP contribution in [0.4, 0.5) is 0 Å². The Bertz CT molecular complexity index is 312. The Kier molecular flexibility index (Phi) is 2.56. The van der Waals surface area contributed by atoms with E-state index < -0.39 is 0 Å². The summed E-state index contributed by atoms with van der Waals surface area (Å²) in [6.07, 6.45) is 0. The zero-order valence-corrected chi connectivity index (χ0v) is 9.10. The molecule has 1 aliphatic heterocycles. The van der Waals surface area contributed by atoms with Gasteiger partial charge in [-0.2, -0.15) is 0 Å². The molecule has 0 saturated carbocycles. The standard InChI is InChI=1S/C10H12BrNO/c1-2-12-9-6-13-10-4-3-7(11)5-8(9)10/h3-5,9,12H,2,6H2,1H3. The summed E-state index contributed by atoms with van der Waals surface area (Å²) < 4.78 is 6.65. The lowest BCUT2D eigenvalue weighted by atomic mass is 10.1. The molecule has 2 rings (SSSR count). The summed E-state index contributed by atoms with van der Waals surface area (Å²) in [5.41, 5.74) is 1.26. The van der Waals surface area contributed by atoms with Gasteiger partial charge < -0.3 is 10.1 Å². The Labute approximate surface area is 86.4 Å². The Morgan fingerprint density at radius 1 is 1.62 bits per heavy atom. The first-order valence-electron chi connectivity index (χ1n) is 4.47. The van der Waals surface area contributed by atoms with Gasteiger partial charge in [0.1, 0.15) is 12.4 Å². The van der Waals surface area contributed by atoms with Crippen molar-refractivity contribution in [1.29, 1.82) is 0 Å². The normalized spacial score (nSPS) is 19.7. The van der Waals surface area contributed by atoms with Crippen LogP contribution in [0.5, 0.6) is 5.75 Å². The SMILES string of the molecule is CCNC1COc2ccc(Br)cc21. The van der Waals surface area contributed by atoms with Crippen molar-refractivity contribution in [3.63, 3.8) is 0 Å². The van der Waals surface area contributed by atoms with Crippen molar-refractivity contribution in [2.45, 2.75) is 13.0 Å². The molecule has 0 bridgehead atoms. The summed E-state index contributed by atoms with van der Waals surface area (Å²) in [5.74, 6) is 1.01. The smallest absolute Gasteiger partial charge is 0.124 e. The minimum absolute atomic E-state index is 0.359. The summed E-state index contributed by atoms with van der Waals surface area (Å²) in [7, 11) is 0. The Hall–Kier alpha value is -0.540. The molecule has 0 aliphatic carbocycles. The summed E-state index contributed by atoms with van der Waals surface area (Å²) in [4.78, 5) is 0. The molecule has 0 spiro atoms. The molecule has 0 radical (unpaired) electrons. The van der Waals surface area contributed by atoms with Crippen molar-refractivity contribution < 1.29 is 4.74 Å². The molecule has 1 aliphatic rings. The third-order valence-corrected chi connectivity index (χ3v) is 2.70. The number of rotatable bonds is 2. The molecule has 0 aromatic heterocycles. The van der Waals surface area contributed by atoms with E-state index in [2.05, 4.69) is 34.2 Å². The summed E-state index contributed by atoms with van der Waals surface area (Å²) in [6, 6.07) is 6.50. The van der Waals surface area contributed by atoms with Gasteiger partial charge in [0.05, 0.1) is 6.04 Å². The fraction of sp³-hybridized carbons (Fsp3) is 0.400. The van der Waals surface area contributed by atoms with Crippen molar-refractivity contribution >= 4 is 15.9 Å². The molecule has 70 valence electrons. The summed E-state index contributed by atoms with van der Waals surface area (Å²) in [5, 5.41) is 3.38. The highest BCUT2D eigenvalue weighted by Gasteiger charge is 2.22. The second-order valence-corrected chi connectivity index (χ2v) is 4.02. The van der Waals surface area contributed by atoms with Crippen LogP contribution in [-0.4, -0.2) is 13.2 Å². The molecule has 1 atom stereocenters. The van der Waals surface area contributed by atoms with Gasteiger partial charge in [-0.1, -0.05) is 22.9 Å². The van der Waals surface area contributed by atoms with Crippen LogP contribution in [0.2, 0.25) is 0 Å². The van der Waals surface area contributed by atoms with E-state index in [-0.39, 0.29) is 0 Å². The molecule has 1 heterocycles. The Morgan fingerprint density at radius 2 is 2.46 bits per heavy atom. The number of halogens is 1. The molecule has 13 heavy (non-hydrogen) atoms. The van der Waals surface area contributed by atoms with Gasteiger partial charge in [0, 0.05) is 10.0 Å². The number of ether oxygens (including phenoxy) is 1. The third-order valence-electron chi connectivity index (χ3n) is 2.20. The van der Waals surface area contributed by atoms with Crippen LogP contribution in [0.15, 0.2) is 22.7 Å². The number of nitrogens with one attached hydrogen (secondary N) is 1. The van der Waals surface area contributed by atoms with Gasteiger partial charge >= 0.3 is 0 Å². The van der Waals surface area contributed by atoms with E-state index >= 15 is 0 Å².